The summed E-state index contributed by atoms with van der Waals surface area (Å²) in [5, 5.41) is 4.29. The zero-order valence-corrected chi connectivity index (χ0v) is 12.7. The average Bonchev–Trinajstić information content (AvgIpc) is 2.95. The van der Waals surface area contributed by atoms with Gasteiger partial charge in [0.25, 0.3) is 0 Å². The first-order valence-corrected chi connectivity index (χ1v) is 7.62. The summed E-state index contributed by atoms with van der Waals surface area (Å²) in [5.41, 5.74) is 4.69. The third kappa shape index (κ3) is 3.90. The van der Waals surface area contributed by atoms with E-state index in [4.69, 9.17) is 0 Å². The number of halogens is 1. The molecule has 0 radical (unpaired) electrons. The van der Waals surface area contributed by atoms with Crippen LogP contribution in [0.25, 0.3) is 0 Å². The third-order valence-corrected chi connectivity index (χ3v) is 4.07. The molecule has 1 amide bonds. The number of carbonyl (C=O) groups is 1. The second-order valence-corrected chi connectivity index (χ2v) is 5.79. The number of amides is 1. The standard InChI is InChI=1S/C15H19BrN2O/c1-2-14(11-7-9-13(16)10-8-11)17-18-15(19)12-5-3-4-6-12/h7-10,12H,2-6H2,1H3,(H,18,19)/b17-14-. The zero-order valence-electron chi connectivity index (χ0n) is 11.2. The lowest BCUT2D eigenvalue weighted by molar-refractivity contribution is -0.124. The van der Waals surface area contributed by atoms with E-state index in [9.17, 15) is 4.79 Å². The predicted octanol–water partition coefficient (Wildman–Crippen LogP) is 3.87. The largest absolute Gasteiger partial charge is 0.273 e. The van der Waals surface area contributed by atoms with Gasteiger partial charge in [0.15, 0.2) is 0 Å². The maximum absolute atomic E-state index is 11.9. The molecule has 1 fully saturated rings. The molecular formula is C15H19BrN2O. The Morgan fingerprint density at radius 2 is 1.95 bits per heavy atom. The van der Waals surface area contributed by atoms with Crippen molar-refractivity contribution in [3.8, 4) is 0 Å². The first-order chi connectivity index (χ1) is 9.20. The van der Waals surface area contributed by atoms with Gasteiger partial charge in [-0.3, -0.25) is 4.79 Å². The van der Waals surface area contributed by atoms with Crippen LogP contribution >= 0.6 is 15.9 Å². The normalized spacial score (nSPS) is 16.6. The average molecular weight is 323 g/mol. The van der Waals surface area contributed by atoms with Crippen LogP contribution in [0.4, 0.5) is 0 Å². The Bertz CT molecular complexity index is 462. The van der Waals surface area contributed by atoms with Crippen molar-refractivity contribution < 1.29 is 4.79 Å². The summed E-state index contributed by atoms with van der Waals surface area (Å²) in [6.07, 6.45) is 5.12. The zero-order chi connectivity index (χ0) is 13.7. The number of nitrogens with zero attached hydrogens (tertiary/aromatic N) is 1. The molecule has 1 aliphatic rings. The highest BCUT2D eigenvalue weighted by Gasteiger charge is 2.22. The van der Waals surface area contributed by atoms with Crippen LogP contribution in [0.2, 0.25) is 0 Å². The second-order valence-electron chi connectivity index (χ2n) is 4.88. The molecular weight excluding hydrogens is 304 g/mol. The van der Waals surface area contributed by atoms with Crippen molar-refractivity contribution in [2.75, 3.05) is 0 Å². The van der Waals surface area contributed by atoms with E-state index in [0.717, 1.165) is 47.9 Å². The quantitative estimate of drug-likeness (QED) is 0.663. The number of hydrazone groups is 1. The van der Waals surface area contributed by atoms with E-state index >= 15 is 0 Å². The van der Waals surface area contributed by atoms with Crippen LogP contribution in [0.5, 0.6) is 0 Å². The summed E-state index contributed by atoms with van der Waals surface area (Å²) in [5.74, 6) is 0.229. The van der Waals surface area contributed by atoms with Crippen LogP contribution in [-0.4, -0.2) is 11.6 Å². The summed E-state index contributed by atoms with van der Waals surface area (Å²) in [4.78, 5) is 11.9. The van der Waals surface area contributed by atoms with Gasteiger partial charge in [-0.2, -0.15) is 5.10 Å². The summed E-state index contributed by atoms with van der Waals surface area (Å²) in [6, 6.07) is 7.99. The molecule has 102 valence electrons. The van der Waals surface area contributed by atoms with Gasteiger partial charge in [0.05, 0.1) is 5.71 Å². The highest BCUT2D eigenvalue weighted by atomic mass is 79.9. The molecule has 2 rings (SSSR count). The topological polar surface area (TPSA) is 41.5 Å². The van der Waals surface area contributed by atoms with E-state index in [1.807, 2.05) is 31.2 Å². The van der Waals surface area contributed by atoms with Crippen molar-refractivity contribution >= 4 is 27.5 Å². The Kier molecular flexibility index (Phi) is 5.14. The van der Waals surface area contributed by atoms with Gasteiger partial charge < -0.3 is 0 Å². The molecule has 0 aliphatic heterocycles. The lowest BCUT2D eigenvalue weighted by Gasteiger charge is -2.09. The molecule has 0 spiro atoms. The second kappa shape index (κ2) is 6.85. The maximum Gasteiger partial charge on any atom is 0.243 e. The summed E-state index contributed by atoms with van der Waals surface area (Å²) >= 11 is 3.41. The van der Waals surface area contributed by atoms with Crippen molar-refractivity contribution in [1.29, 1.82) is 0 Å². The van der Waals surface area contributed by atoms with Crippen LogP contribution in [0.15, 0.2) is 33.8 Å². The number of benzene rings is 1. The van der Waals surface area contributed by atoms with Crippen LogP contribution in [0.1, 0.15) is 44.6 Å². The highest BCUT2D eigenvalue weighted by Crippen LogP contribution is 2.24. The molecule has 1 N–H and O–H groups in total. The van der Waals surface area contributed by atoms with Gasteiger partial charge >= 0.3 is 0 Å². The fourth-order valence-electron chi connectivity index (χ4n) is 2.39. The molecule has 1 aromatic carbocycles. The molecule has 0 unspecified atom stereocenters. The van der Waals surface area contributed by atoms with Gasteiger partial charge in [-0.1, -0.05) is 47.8 Å². The molecule has 1 aliphatic carbocycles. The number of nitrogens with one attached hydrogen (secondary N) is 1. The minimum atomic E-state index is 0.0700. The van der Waals surface area contributed by atoms with Crippen LogP contribution in [0, 0.1) is 5.92 Å². The molecule has 1 saturated carbocycles. The molecule has 0 atom stereocenters. The van der Waals surface area contributed by atoms with E-state index < -0.39 is 0 Å². The maximum atomic E-state index is 11.9. The summed E-state index contributed by atoms with van der Waals surface area (Å²) in [6.45, 7) is 2.04. The molecule has 19 heavy (non-hydrogen) atoms. The van der Waals surface area contributed by atoms with Gasteiger partial charge in [0, 0.05) is 10.4 Å². The summed E-state index contributed by atoms with van der Waals surface area (Å²) < 4.78 is 1.04. The Balaban J connectivity index is 2.02. The van der Waals surface area contributed by atoms with Crippen molar-refractivity contribution in [3.63, 3.8) is 0 Å². The minimum absolute atomic E-state index is 0.0700. The molecule has 3 nitrogen and oxygen atoms in total. The molecule has 0 saturated heterocycles. The third-order valence-electron chi connectivity index (χ3n) is 3.54. The van der Waals surface area contributed by atoms with Crippen LogP contribution in [0.3, 0.4) is 0 Å². The highest BCUT2D eigenvalue weighted by molar-refractivity contribution is 9.10. The Morgan fingerprint density at radius 1 is 1.32 bits per heavy atom. The molecule has 0 aromatic heterocycles. The predicted molar refractivity (Wildman–Crippen MR) is 81.1 cm³/mol. The number of rotatable bonds is 4. The van der Waals surface area contributed by atoms with Crippen LogP contribution in [-0.2, 0) is 4.79 Å². The van der Waals surface area contributed by atoms with E-state index in [0.29, 0.717) is 0 Å². The first kappa shape index (κ1) is 14.3. The van der Waals surface area contributed by atoms with Crippen molar-refractivity contribution in [2.45, 2.75) is 39.0 Å². The first-order valence-electron chi connectivity index (χ1n) is 6.83. The van der Waals surface area contributed by atoms with E-state index in [2.05, 4.69) is 26.5 Å². The Hall–Kier alpha value is -1.16. The molecule has 0 bridgehead atoms. The lowest BCUT2D eigenvalue weighted by Crippen LogP contribution is -2.26. The van der Waals surface area contributed by atoms with Gasteiger partial charge in [-0.05, 0) is 37.0 Å². The lowest BCUT2D eigenvalue weighted by atomic mass is 10.1. The van der Waals surface area contributed by atoms with Gasteiger partial charge in [-0.15, -0.1) is 0 Å². The van der Waals surface area contributed by atoms with Crippen molar-refractivity contribution in [2.24, 2.45) is 11.0 Å². The van der Waals surface area contributed by atoms with Gasteiger partial charge in [0.2, 0.25) is 5.91 Å². The van der Waals surface area contributed by atoms with E-state index in [-0.39, 0.29) is 11.8 Å². The fourth-order valence-corrected chi connectivity index (χ4v) is 2.66. The van der Waals surface area contributed by atoms with E-state index in [1.54, 1.807) is 0 Å². The Morgan fingerprint density at radius 3 is 2.53 bits per heavy atom. The monoisotopic (exact) mass is 322 g/mol. The smallest absolute Gasteiger partial charge is 0.243 e. The van der Waals surface area contributed by atoms with Crippen molar-refractivity contribution in [3.05, 3.63) is 34.3 Å². The molecule has 0 heterocycles. The van der Waals surface area contributed by atoms with Gasteiger partial charge in [0.1, 0.15) is 0 Å². The van der Waals surface area contributed by atoms with Crippen molar-refractivity contribution in [1.82, 2.24) is 5.43 Å². The molecule has 4 heteroatoms. The summed E-state index contributed by atoms with van der Waals surface area (Å²) in [7, 11) is 0. The fraction of sp³-hybridized carbons (Fsp3) is 0.467. The minimum Gasteiger partial charge on any atom is -0.273 e. The van der Waals surface area contributed by atoms with Gasteiger partial charge in [-0.25, -0.2) is 5.43 Å². The van der Waals surface area contributed by atoms with E-state index in [1.165, 1.54) is 0 Å². The molecule has 1 aromatic rings. The Labute approximate surface area is 122 Å². The SMILES string of the molecule is CC/C(=N/NC(=O)C1CCCC1)c1ccc(Br)cc1. The number of carbonyl (C=O) groups excluding carboxylic acids is 1. The van der Waals surface area contributed by atoms with Crippen LogP contribution < -0.4 is 5.43 Å². The number of hydrogen-bond acceptors (Lipinski definition) is 2. The number of hydrogen-bond donors (Lipinski definition) is 1.